The van der Waals surface area contributed by atoms with E-state index in [2.05, 4.69) is 10.0 Å². The summed E-state index contributed by atoms with van der Waals surface area (Å²) in [6.45, 7) is 0.393. The van der Waals surface area contributed by atoms with E-state index >= 15 is 0 Å². The summed E-state index contributed by atoms with van der Waals surface area (Å²) in [7, 11) is 0.819. The van der Waals surface area contributed by atoms with Crippen LogP contribution in [0, 0.1) is 10.1 Å². The van der Waals surface area contributed by atoms with E-state index < -0.39 is 14.9 Å². The van der Waals surface area contributed by atoms with Crippen molar-refractivity contribution in [1.82, 2.24) is 10.0 Å². The molecule has 1 unspecified atom stereocenters. The molecule has 0 aliphatic rings. The fourth-order valence-corrected chi connectivity index (χ4v) is 2.63. The number of nitrogens with zero attached hydrogens (tertiary/aromatic N) is 1. The van der Waals surface area contributed by atoms with E-state index in [9.17, 15) is 18.5 Å². The Bertz CT molecular complexity index is 603. The van der Waals surface area contributed by atoms with Crippen molar-refractivity contribution in [3.05, 3.63) is 33.9 Å². The third-order valence-electron chi connectivity index (χ3n) is 3.07. The standard InChI is InChI=1S/C12H19N3O5S/c1-13-10(8-20-3)6-9-4-5-11(21(18,19)14-2)7-12(9)15(16)17/h4-5,7,10,13-14H,6,8H2,1-3H3. The molecule has 0 heterocycles. The van der Waals surface area contributed by atoms with Gasteiger partial charge in [0.25, 0.3) is 5.69 Å². The first-order valence-corrected chi connectivity index (χ1v) is 7.71. The number of rotatable bonds is 8. The van der Waals surface area contributed by atoms with E-state index in [1.54, 1.807) is 14.2 Å². The van der Waals surface area contributed by atoms with Crippen LogP contribution in [0.5, 0.6) is 0 Å². The zero-order valence-electron chi connectivity index (χ0n) is 12.1. The predicted molar refractivity (Wildman–Crippen MR) is 77.8 cm³/mol. The third-order valence-corrected chi connectivity index (χ3v) is 4.49. The first kappa shape index (κ1) is 17.5. The van der Waals surface area contributed by atoms with Gasteiger partial charge >= 0.3 is 0 Å². The Morgan fingerprint density at radius 3 is 2.52 bits per heavy atom. The van der Waals surface area contributed by atoms with Gasteiger partial charge in [0.1, 0.15) is 0 Å². The normalized spacial score (nSPS) is 13.1. The monoisotopic (exact) mass is 317 g/mol. The summed E-state index contributed by atoms with van der Waals surface area (Å²) < 4.78 is 30.6. The van der Waals surface area contributed by atoms with E-state index in [4.69, 9.17) is 4.74 Å². The van der Waals surface area contributed by atoms with Crippen LogP contribution in [0.4, 0.5) is 5.69 Å². The molecule has 0 aliphatic carbocycles. The molecule has 9 heteroatoms. The van der Waals surface area contributed by atoms with Crippen molar-refractivity contribution in [2.75, 3.05) is 27.8 Å². The second kappa shape index (κ2) is 7.46. The summed E-state index contributed by atoms with van der Waals surface area (Å²) in [6, 6.07) is 3.79. The molecule has 1 aromatic carbocycles. The van der Waals surface area contributed by atoms with Crippen molar-refractivity contribution in [3.8, 4) is 0 Å². The molecule has 21 heavy (non-hydrogen) atoms. The molecule has 0 radical (unpaired) electrons. The van der Waals surface area contributed by atoms with Gasteiger partial charge in [-0.25, -0.2) is 13.1 Å². The molecule has 1 aromatic rings. The van der Waals surface area contributed by atoms with Crippen LogP contribution >= 0.6 is 0 Å². The van der Waals surface area contributed by atoms with Crippen LogP contribution in [0.15, 0.2) is 23.1 Å². The van der Waals surface area contributed by atoms with E-state index in [-0.39, 0.29) is 16.6 Å². The number of ether oxygens (including phenoxy) is 1. The third kappa shape index (κ3) is 4.46. The maximum Gasteiger partial charge on any atom is 0.273 e. The van der Waals surface area contributed by atoms with Gasteiger partial charge in [-0.2, -0.15) is 0 Å². The van der Waals surface area contributed by atoms with Gasteiger partial charge in [-0.15, -0.1) is 0 Å². The molecule has 0 aliphatic heterocycles. The van der Waals surface area contributed by atoms with Crippen molar-refractivity contribution < 1.29 is 18.1 Å². The smallest absolute Gasteiger partial charge is 0.273 e. The number of hydrogen-bond donors (Lipinski definition) is 2. The predicted octanol–water partition coefficient (Wildman–Crippen LogP) is 0.280. The summed E-state index contributed by atoms with van der Waals surface area (Å²) in [4.78, 5) is 10.4. The van der Waals surface area contributed by atoms with E-state index in [1.807, 2.05) is 0 Å². The first-order valence-electron chi connectivity index (χ1n) is 6.22. The largest absolute Gasteiger partial charge is 0.383 e. The molecule has 1 rings (SSSR count). The Hall–Kier alpha value is -1.55. The Labute approximate surface area is 123 Å². The van der Waals surface area contributed by atoms with Crippen molar-refractivity contribution in [2.24, 2.45) is 0 Å². The minimum absolute atomic E-state index is 0.0968. The highest BCUT2D eigenvalue weighted by Gasteiger charge is 2.22. The van der Waals surface area contributed by atoms with Crippen LogP contribution in [0.1, 0.15) is 5.56 Å². The fraction of sp³-hybridized carbons (Fsp3) is 0.500. The fourth-order valence-electron chi connectivity index (χ4n) is 1.88. The average Bonchev–Trinajstić information content (AvgIpc) is 2.46. The molecular weight excluding hydrogens is 298 g/mol. The van der Waals surface area contributed by atoms with Crippen molar-refractivity contribution >= 4 is 15.7 Å². The summed E-state index contributed by atoms with van der Waals surface area (Å²) in [5, 5.41) is 14.2. The van der Waals surface area contributed by atoms with E-state index in [1.165, 1.54) is 19.2 Å². The lowest BCUT2D eigenvalue weighted by Gasteiger charge is -2.15. The van der Waals surface area contributed by atoms with Crippen molar-refractivity contribution in [1.29, 1.82) is 0 Å². The molecule has 8 nitrogen and oxygen atoms in total. The molecule has 2 N–H and O–H groups in total. The number of nitro benzene ring substituents is 1. The highest BCUT2D eigenvalue weighted by atomic mass is 32.2. The van der Waals surface area contributed by atoms with Crippen LogP contribution in [0.3, 0.4) is 0 Å². The Kier molecular flexibility index (Phi) is 6.21. The Morgan fingerprint density at radius 2 is 2.05 bits per heavy atom. The number of sulfonamides is 1. The quantitative estimate of drug-likeness (QED) is 0.526. The summed E-state index contributed by atoms with van der Waals surface area (Å²) in [6.07, 6.45) is 0.362. The molecule has 0 saturated heterocycles. The van der Waals surface area contributed by atoms with E-state index in [0.717, 1.165) is 6.07 Å². The Balaban J connectivity index is 3.20. The molecule has 0 saturated carbocycles. The van der Waals surface area contributed by atoms with Crippen LogP contribution < -0.4 is 10.0 Å². The van der Waals surface area contributed by atoms with E-state index in [0.29, 0.717) is 18.6 Å². The highest BCUT2D eigenvalue weighted by molar-refractivity contribution is 7.89. The van der Waals surface area contributed by atoms with Crippen LogP contribution in [-0.4, -0.2) is 47.2 Å². The molecule has 0 bridgehead atoms. The average molecular weight is 317 g/mol. The number of likely N-dealkylation sites (N-methyl/N-ethyl adjacent to an activating group) is 1. The molecule has 0 aromatic heterocycles. The molecule has 0 fully saturated rings. The van der Waals surface area contributed by atoms with Crippen molar-refractivity contribution in [3.63, 3.8) is 0 Å². The van der Waals surface area contributed by atoms with Gasteiger partial charge in [0.05, 0.1) is 16.4 Å². The summed E-state index contributed by atoms with van der Waals surface area (Å²) >= 11 is 0. The van der Waals surface area contributed by atoms with Crippen molar-refractivity contribution in [2.45, 2.75) is 17.4 Å². The minimum Gasteiger partial charge on any atom is -0.383 e. The number of nitrogens with one attached hydrogen (secondary N) is 2. The molecular formula is C12H19N3O5S. The second-order valence-electron chi connectivity index (χ2n) is 4.40. The molecule has 118 valence electrons. The zero-order valence-corrected chi connectivity index (χ0v) is 12.9. The maximum atomic E-state index is 11.7. The van der Waals surface area contributed by atoms with Gasteiger partial charge in [0, 0.05) is 24.8 Å². The lowest BCUT2D eigenvalue weighted by Crippen LogP contribution is -2.32. The summed E-state index contributed by atoms with van der Waals surface area (Å²) in [5.74, 6) is 0. The van der Waals surface area contributed by atoms with Gasteiger partial charge in [0.15, 0.2) is 0 Å². The zero-order chi connectivity index (χ0) is 16.0. The maximum absolute atomic E-state index is 11.7. The van der Waals surface area contributed by atoms with Gasteiger partial charge < -0.3 is 10.1 Å². The topological polar surface area (TPSA) is 111 Å². The van der Waals surface area contributed by atoms with Gasteiger partial charge in [0.2, 0.25) is 10.0 Å². The number of methoxy groups -OCH3 is 1. The second-order valence-corrected chi connectivity index (χ2v) is 6.29. The lowest BCUT2D eigenvalue weighted by atomic mass is 10.0. The minimum atomic E-state index is -3.71. The van der Waals surface area contributed by atoms with Gasteiger partial charge in [-0.1, -0.05) is 6.07 Å². The number of benzene rings is 1. The SMILES string of the molecule is CNC(COC)Cc1ccc(S(=O)(=O)NC)cc1[N+](=O)[O-]. The van der Waals surface area contributed by atoms with Crippen LogP contribution in [-0.2, 0) is 21.2 Å². The first-order chi connectivity index (χ1) is 9.85. The Morgan fingerprint density at radius 1 is 1.38 bits per heavy atom. The lowest BCUT2D eigenvalue weighted by molar-refractivity contribution is -0.385. The molecule has 1 atom stereocenters. The number of hydrogen-bond acceptors (Lipinski definition) is 6. The van der Waals surface area contributed by atoms with Gasteiger partial charge in [-0.05, 0) is 26.6 Å². The highest BCUT2D eigenvalue weighted by Crippen LogP contribution is 2.24. The molecule has 0 spiro atoms. The van der Waals surface area contributed by atoms with Crippen LogP contribution in [0.2, 0.25) is 0 Å². The molecule has 0 amide bonds. The number of nitro groups is 1. The van der Waals surface area contributed by atoms with Crippen LogP contribution in [0.25, 0.3) is 0 Å². The van der Waals surface area contributed by atoms with Gasteiger partial charge in [-0.3, -0.25) is 10.1 Å². The summed E-state index contributed by atoms with van der Waals surface area (Å²) in [5.41, 5.74) is 0.231.